The highest BCUT2D eigenvalue weighted by molar-refractivity contribution is 9.10. The number of thiophene rings is 2. The van der Waals surface area contributed by atoms with Gasteiger partial charge in [0.25, 0.3) is 0 Å². The molecule has 91 heavy (non-hydrogen) atoms. The number of halogens is 1. The van der Waals surface area contributed by atoms with E-state index in [0.29, 0.717) is 0 Å². The van der Waals surface area contributed by atoms with Crippen LogP contribution in [-0.4, -0.2) is 9.13 Å². The summed E-state index contributed by atoms with van der Waals surface area (Å²) in [5.74, 6) is 0. The quantitative estimate of drug-likeness (QED) is 0.156. The van der Waals surface area contributed by atoms with Crippen LogP contribution in [0.25, 0.3) is 118 Å². The van der Waals surface area contributed by atoms with Crippen molar-refractivity contribution in [1.29, 1.82) is 0 Å². The van der Waals surface area contributed by atoms with Crippen LogP contribution in [0.4, 0.5) is 28.4 Å². The molecular weight excluding hydrogens is 1210 g/mol. The van der Waals surface area contributed by atoms with Gasteiger partial charge in [-0.2, -0.15) is 0 Å². The Morgan fingerprint density at radius 1 is 0.275 bits per heavy atom. The van der Waals surface area contributed by atoms with E-state index in [-0.39, 0.29) is 0 Å². The molecule has 0 aliphatic carbocycles. The number of para-hydroxylation sites is 8. The molecule has 14 aromatic carbocycles. The molecule has 4 aromatic heterocycles. The second-order valence-electron chi connectivity index (χ2n) is 22.5. The Bertz CT molecular complexity index is 5550. The average Bonchev–Trinajstić information content (AvgIpc) is 1.64. The van der Waals surface area contributed by atoms with E-state index in [1.54, 1.807) is 0 Å². The smallest absolute Gasteiger partial charge is 0.0640 e. The summed E-state index contributed by atoms with van der Waals surface area (Å²) in [4.78, 5) is 2.38. The summed E-state index contributed by atoms with van der Waals surface area (Å²) < 4.78 is 11.2. The van der Waals surface area contributed by atoms with E-state index in [4.69, 9.17) is 0 Å². The number of nitrogens with one attached hydrogen (secondary N) is 1. The molecule has 18 aromatic rings. The number of anilines is 5. The predicted octanol–water partition coefficient (Wildman–Crippen LogP) is 25.3. The van der Waals surface area contributed by atoms with Crippen molar-refractivity contribution in [1.82, 2.24) is 9.13 Å². The highest BCUT2D eigenvalue weighted by Gasteiger charge is 2.21. The van der Waals surface area contributed by atoms with Crippen molar-refractivity contribution in [2.45, 2.75) is 0 Å². The van der Waals surface area contributed by atoms with Crippen LogP contribution >= 0.6 is 38.6 Å². The highest BCUT2D eigenvalue weighted by Crippen LogP contribution is 2.49. The van der Waals surface area contributed by atoms with Crippen molar-refractivity contribution >= 4 is 151 Å². The van der Waals surface area contributed by atoms with Crippen molar-refractivity contribution in [3.8, 4) is 33.6 Å². The van der Waals surface area contributed by atoms with Gasteiger partial charge in [-0.05, 0) is 147 Å². The van der Waals surface area contributed by atoms with E-state index in [9.17, 15) is 0 Å². The van der Waals surface area contributed by atoms with Gasteiger partial charge in [0.15, 0.2) is 0 Å². The van der Waals surface area contributed by atoms with Crippen molar-refractivity contribution in [3.05, 3.63) is 344 Å². The minimum atomic E-state index is 1.12. The minimum absolute atomic E-state index is 1.12. The van der Waals surface area contributed by atoms with Gasteiger partial charge in [-0.3, -0.25) is 0 Å². The summed E-state index contributed by atoms with van der Waals surface area (Å²) in [6.07, 6.45) is 0. The molecule has 0 spiro atoms. The molecule has 0 amide bonds. The Morgan fingerprint density at radius 3 is 1.10 bits per heavy atom. The molecule has 0 atom stereocenters. The third-order valence-electron chi connectivity index (χ3n) is 17.1. The van der Waals surface area contributed by atoms with E-state index in [2.05, 4.69) is 314 Å². The topological polar surface area (TPSA) is 25.1 Å². The highest BCUT2D eigenvalue weighted by atomic mass is 79.9. The zero-order valence-corrected chi connectivity index (χ0v) is 52.6. The number of rotatable bonds is 9. The molecule has 4 heterocycles. The van der Waals surface area contributed by atoms with Crippen LogP contribution in [0.2, 0.25) is 0 Å². The molecule has 0 saturated carbocycles. The number of benzene rings is 14. The maximum Gasteiger partial charge on any atom is 0.0640 e. The van der Waals surface area contributed by atoms with Gasteiger partial charge in [0.05, 0.1) is 32.5 Å². The van der Waals surface area contributed by atoms with E-state index in [1.807, 2.05) is 83.3 Å². The first-order valence-corrected chi connectivity index (χ1v) is 33.0. The molecule has 432 valence electrons. The third-order valence-corrected chi connectivity index (χ3v) is 20.6. The molecule has 18 rings (SSSR count). The lowest BCUT2D eigenvalue weighted by atomic mass is 10.0. The van der Waals surface area contributed by atoms with Crippen LogP contribution in [0.5, 0.6) is 0 Å². The number of hydrogen-bond donors (Lipinski definition) is 1. The lowest BCUT2D eigenvalue weighted by molar-refractivity contribution is 1.18. The van der Waals surface area contributed by atoms with Crippen molar-refractivity contribution in [2.75, 3.05) is 10.2 Å². The molecule has 4 nitrogen and oxygen atoms in total. The monoisotopic (exact) mass is 1260 g/mol. The van der Waals surface area contributed by atoms with Crippen LogP contribution in [0.1, 0.15) is 0 Å². The van der Waals surface area contributed by atoms with Gasteiger partial charge in [-0.15, -0.1) is 22.7 Å². The molecule has 0 aliphatic heterocycles. The van der Waals surface area contributed by atoms with E-state index >= 15 is 0 Å². The second-order valence-corrected chi connectivity index (χ2v) is 25.4. The first kappa shape index (κ1) is 55.5. The zero-order chi connectivity index (χ0) is 60.6. The molecule has 0 aliphatic rings. The standard InChI is InChI=1S/C42H28N2S.C30H18BrNS.C12H11N/c1-4-14-30(15-5-1)43(31-16-6-2-7-17-31)39-25-13-23-37-36-22-12-21-33(41(36)45-42(37)39)29-26-27-35-34-20-10-11-24-38(34)44(40(35)28-29)32-18-8-3-9-19-32;31-26-14-7-13-25-24-12-6-11-21(29(24)33-30(25)26)19-16-17-23-22-10-4-5-15-27(22)32(28(23)18-19)20-8-2-1-3-9-20;1-3-7-11(8-4-1)13-12-9-5-2-6-10-12/h1-28H;1-18H;1-10,13H. The Labute approximate surface area is 544 Å². The van der Waals surface area contributed by atoms with Crippen molar-refractivity contribution in [2.24, 2.45) is 0 Å². The molecule has 7 heteroatoms. The fourth-order valence-electron chi connectivity index (χ4n) is 13.0. The Hall–Kier alpha value is -10.8. The minimum Gasteiger partial charge on any atom is -0.356 e. The normalized spacial score (nSPS) is 11.4. The van der Waals surface area contributed by atoms with Crippen LogP contribution in [-0.2, 0) is 0 Å². The fraction of sp³-hybridized carbons (Fsp3) is 0. The summed E-state index contributed by atoms with van der Waals surface area (Å²) >= 11 is 7.51. The van der Waals surface area contributed by atoms with Crippen LogP contribution in [0, 0.1) is 0 Å². The summed E-state index contributed by atoms with van der Waals surface area (Å²) in [6.45, 7) is 0. The summed E-state index contributed by atoms with van der Waals surface area (Å²) in [6, 6.07) is 121. The van der Waals surface area contributed by atoms with Gasteiger partial charge in [-0.25, -0.2) is 0 Å². The molecular formula is C84H57BrN4S2. The largest absolute Gasteiger partial charge is 0.356 e. The van der Waals surface area contributed by atoms with Crippen molar-refractivity contribution in [3.63, 3.8) is 0 Å². The number of aromatic nitrogens is 2. The van der Waals surface area contributed by atoms with E-state index in [0.717, 1.165) is 27.2 Å². The Balaban J connectivity index is 0.000000125. The lowest BCUT2D eigenvalue weighted by Crippen LogP contribution is -2.09. The van der Waals surface area contributed by atoms with Gasteiger partial charge in [-0.1, -0.05) is 231 Å². The van der Waals surface area contributed by atoms with Gasteiger partial charge < -0.3 is 19.4 Å². The SMILES string of the molecule is Brc1cccc2c1sc1c(-c3ccc4c5ccccc5n(-c5ccccc5)c4c3)cccc12.c1ccc(N(c2ccccc2)c2cccc3c2sc2c(-c4ccc5c6ccccc6n(-c6ccccc6)c5c4)cccc23)cc1.c1ccc(Nc2ccccc2)cc1. The molecule has 0 bridgehead atoms. The first-order chi connectivity index (χ1) is 45.1. The Kier molecular flexibility index (Phi) is 14.8. The van der Waals surface area contributed by atoms with Gasteiger partial charge in [0.2, 0.25) is 0 Å². The molecule has 0 unspecified atom stereocenters. The molecule has 0 radical (unpaired) electrons. The number of hydrogen-bond acceptors (Lipinski definition) is 4. The van der Waals surface area contributed by atoms with Crippen LogP contribution < -0.4 is 10.2 Å². The van der Waals surface area contributed by atoms with E-state index in [1.165, 1.54) is 123 Å². The lowest BCUT2D eigenvalue weighted by Gasteiger charge is -2.25. The summed E-state index contributed by atoms with van der Waals surface area (Å²) in [5, 5.41) is 13.6. The average molecular weight is 1270 g/mol. The maximum atomic E-state index is 3.75. The number of nitrogens with zero attached hydrogens (tertiary/aromatic N) is 3. The van der Waals surface area contributed by atoms with E-state index < -0.39 is 0 Å². The van der Waals surface area contributed by atoms with Gasteiger partial charge in [0.1, 0.15) is 0 Å². The molecule has 1 N–H and O–H groups in total. The van der Waals surface area contributed by atoms with Crippen molar-refractivity contribution < 1.29 is 0 Å². The molecule has 0 fully saturated rings. The fourth-order valence-corrected chi connectivity index (χ4v) is 16.2. The molecule has 0 saturated heterocycles. The first-order valence-electron chi connectivity index (χ1n) is 30.6. The van der Waals surface area contributed by atoms with Crippen LogP contribution in [0.3, 0.4) is 0 Å². The third kappa shape index (κ3) is 10.4. The summed E-state index contributed by atoms with van der Waals surface area (Å²) in [5.41, 5.74) is 18.0. The predicted molar refractivity (Wildman–Crippen MR) is 397 cm³/mol. The number of fused-ring (bicyclic) bond motifs is 12. The summed E-state index contributed by atoms with van der Waals surface area (Å²) in [7, 11) is 0. The van der Waals surface area contributed by atoms with Crippen LogP contribution in [0.15, 0.2) is 344 Å². The zero-order valence-electron chi connectivity index (χ0n) is 49.4. The maximum absolute atomic E-state index is 3.75. The second kappa shape index (κ2) is 24.3. The van der Waals surface area contributed by atoms with Gasteiger partial charge in [0, 0.05) is 95.8 Å². The van der Waals surface area contributed by atoms with Gasteiger partial charge >= 0.3 is 0 Å². The Morgan fingerprint density at radius 2 is 0.626 bits per heavy atom.